The molecule has 0 bridgehead atoms. The Morgan fingerprint density at radius 3 is 2.19 bits per heavy atom. The second-order valence-electron chi connectivity index (χ2n) is 5.32. The van der Waals surface area contributed by atoms with Gasteiger partial charge in [0.05, 0.1) is 15.5 Å². The Morgan fingerprint density at radius 1 is 0.962 bits per heavy atom. The molecule has 10 heteroatoms. The molecule has 132 valence electrons. The highest BCUT2D eigenvalue weighted by Gasteiger charge is 2.18. The van der Waals surface area contributed by atoms with Crippen molar-refractivity contribution in [3.05, 3.63) is 85.6 Å². The summed E-state index contributed by atoms with van der Waals surface area (Å²) in [5.41, 5.74) is -0.482. The van der Waals surface area contributed by atoms with E-state index in [0.717, 1.165) is 0 Å². The smallest absolute Gasteiger partial charge is 0.332 e. The van der Waals surface area contributed by atoms with Crippen LogP contribution in [0.15, 0.2) is 59.7 Å². The number of non-ortho nitro benzene ring substituents is 1. The number of rotatable bonds is 5. The fourth-order valence-corrected chi connectivity index (χ4v) is 2.31. The van der Waals surface area contributed by atoms with Gasteiger partial charge in [0.25, 0.3) is 5.69 Å². The van der Waals surface area contributed by atoms with E-state index in [-0.39, 0.29) is 28.6 Å². The van der Waals surface area contributed by atoms with Crippen LogP contribution in [-0.4, -0.2) is 19.0 Å². The highest BCUT2D eigenvalue weighted by Crippen LogP contribution is 2.33. The Kier molecular flexibility index (Phi) is 4.23. The number of hydrogen-bond donors (Lipinski definition) is 0. The second-order valence-corrected chi connectivity index (χ2v) is 5.32. The molecule has 3 rings (SSSR count). The molecule has 10 nitrogen and oxygen atoms in total. The average molecular weight is 356 g/mol. The molecule has 1 aromatic heterocycles. The van der Waals surface area contributed by atoms with E-state index in [9.17, 15) is 25.0 Å². The number of aromatic nitrogens is 2. The number of benzene rings is 2. The molecule has 0 amide bonds. The minimum Gasteiger partial charge on any atom is -0.450 e. The topological polar surface area (TPSA) is 122 Å². The van der Waals surface area contributed by atoms with E-state index in [2.05, 4.69) is 0 Å². The van der Waals surface area contributed by atoms with Crippen molar-refractivity contribution < 1.29 is 14.6 Å². The van der Waals surface area contributed by atoms with E-state index < -0.39 is 9.85 Å². The van der Waals surface area contributed by atoms with Crippen LogP contribution in [0.5, 0.6) is 11.5 Å². The Hall–Kier alpha value is -3.95. The lowest BCUT2D eigenvalue weighted by molar-refractivity contribution is -0.385. The molecule has 26 heavy (non-hydrogen) atoms. The highest BCUT2D eigenvalue weighted by atomic mass is 16.6. The van der Waals surface area contributed by atoms with Crippen molar-refractivity contribution in [3.63, 3.8) is 0 Å². The summed E-state index contributed by atoms with van der Waals surface area (Å²) in [5.74, 6) is 0.167. The van der Waals surface area contributed by atoms with Crippen molar-refractivity contribution in [2.24, 2.45) is 7.05 Å². The number of nitro groups is 2. The van der Waals surface area contributed by atoms with Crippen molar-refractivity contribution in [2.45, 2.75) is 0 Å². The van der Waals surface area contributed by atoms with Crippen LogP contribution in [0.2, 0.25) is 0 Å². The van der Waals surface area contributed by atoms with Crippen LogP contribution in [0, 0.1) is 20.2 Å². The normalized spacial score (nSPS) is 10.5. The zero-order valence-electron chi connectivity index (χ0n) is 13.4. The van der Waals surface area contributed by atoms with E-state index >= 15 is 0 Å². The molecule has 1 heterocycles. The average Bonchev–Trinajstić information content (AvgIpc) is 2.95. The SMILES string of the molecule is Cn1ccn(-c2ccc(Oc3ccc([N+](=O)[O-])cc3)c([N+](=O)[O-])c2)c1=O. The maximum atomic E-state index is 12.0. The summed E-state index contributed by atoms with van der Waals surface area (Å²) in [6.07, 6.45) is 3.04. The lowest BCUT2D eigenvalue weighted by Crippen LogP contribution is -2.20. The minimum absolute atomic E-state index is 0.0448. The number of nitro benzene ring substituents is 2. The molecule has 0 aliphatic heterocycles. The van der Waals surface area contributed by atoms with Gasteiger partial charge in [0.15, 0.2) is 0 Å². The fourth-order valence-electron chi connectivity index (χ4n) is 2.31. The van der Waals surface area contributed by atoms with E-state index in [1.165, 1.54) is 64.0 Å². The van der Waals surface area contributed by atoms with Crippen molar-refractivity contribution >= 4 is 11.4 Å². The maximum absolute atomic E-state index is 12.0. The van der Waals surface area contributed by atoms with Crippen LogP contribution >= 0.6 is 0 Å². The predicted octanol–water partition coefficient (Wildman–Crippen LogP) is 2.78. The van der Waals surface area contributed by atoms with Gasteiger partial charge in [0.2, 0.25) is 5.75 Å². The summed E-state index contributed by atoms with van der Waals surface area (Å²) in [5, 5.41) is 22.0. The van der Waals surface area contributed by atoms with Gasteiger partial charge in [-0.2, -0.15) is 0 Å². The lowest BCUT2D eigenvalue weighted by Gasteiger charge is -2.08. The van der Waals surface area contributed by atoms with Crippen LogP contribution in [0.25, 0.3) is 5.69 Å². The zero-order chi connectivity index (χ0) is 18.8. The van der Waals surface area contributed by atoms with E-state index in [1.807, 2.05) is 0 Å². The molecule has 0 saturated carbocycles. The molecular weight excluding hydrogens is 344 g/mol. The zero-order valence-corrected chi connectivity index (χ0v) is 13.4. The van der Waals surface area contributed by atoms with Gasteiger partial charge in [-0.1, -0.05) is 0 Å². The molecule has 0 radical (unpaired) electrons. The Morgan fingerprint density at radius 2 is 1.65 bits per heavy atom. The molecule has 0 saturated heterocycles. The van der Waals surface area contributed by atoms with E-state index in [4.69, 9.17) is 4.74 Å². The van der Waals surface area contributed by atoms with Crippen LogP contribution < -0.4 is 10.4 Å². The van der Waals surface area contributed by atoms with Crippen molar-refractivity contribution in [1.82, 2.24) is 9.13 Å². The summed E-state index contributed by atoms with van der Waals surface area (Å²) in [6, 6.07) is 9.26. The molecule has 3 aromatic rings. The minimum atomic E-state index is -0.627. The quantitative estimate of drug-likeness (QED) is 0.511. The number of ether oxygens (including phenoxy) is 1. The summed E-state index contributed by atoms with van der Waals surface area (Å²) in [6.45, 7) is 0. The molecular formula is C16H12N4O6. The van der Waals surface area contributed by atoms with Crippen LogP contribution in [0.3, 0.4) is 0 Å². The molecule has 2 aromatic carbocycles. The first-order valence-corrected chi connectivity index (χ1v) is 7.32. The van der Waals surface area contributed by atoms with Gasteiger partial charge < -0.3 is 9.30 Å². The standard InChI is InChI=1S/C16H12N4O6/c1-17-8-9-18(16(17)21)12-4-7-15(14(10-12)20(24)25)26-13-5-2-11(3-6-13)19(22)23/h2-10H,1H3. The predicted molar refractivity (Wildman–Crippen MR) is 90.8 cm³/mol. The number of hydrogen-bond acceptors (Lipinski definition) is 6. The fraction of sp³-hybridized carbons (Fsp3) is 0.0625. The third-order valence-electron chi connectivity index (χ3n) is 3.64. The first-order chi connectivity index (χ1) is 12.4. The van der Waals surface area contributed by atoms with Crippen molar-refractivity contribution in [1.29, 1.82) is 0 Å². The largest absolute Gasteiger partial charge is 0.450 e. The number of imidazole rings is 1. The summed E-state index contributed by atoms with van der Waals surface area (Å²) in [4.78, 5) is 32.8. The van der Waals surface area contributed by atoms with Crippen LogP contribution in [0.4, 0.5) is 11.4 Å². The third kappa shape index (κ3) is 3.15. The van der Waals surface area contributed by atoms with Gasteiger partial charge in [0, 0.05) is 37.6 Å². The van der Waals surface area contributed by atoms with Gasteiger partial charge in [-0.25, -0.2) is 4.79 Å². The van der Waals surface area contributed by atoms with E-state index in [1.54, 1.807) is 7.05 Å². The first-order valence-electron chi connectivity index (χ1n) is 7.32. The van der Waals surface area contributed by atoms with Crippen molar-refractivity contribution in [2.75, 3.05) is 0 Å². The molecule has 0 aliphatic carbocycles. The third-order valence-corrected chi connectivity index (χ3v) is 3.64. The maximum Gasteiger partial charge on any atom is 0.332 e. The number of aryl methyl sites for hydroxylation is 1. The molecule has 0 spiro atoms. The lowest BCUT2D eigenvalue weighted by atomic mass is 10.2. The van der Waals surface area contributed by atoms with Gasteiger partial charge in [0.1, 0.15) is 5.75 Å². The molecule has 0 fully saturated rings. The van der Waals surface area contributed by atoms with Gasteiger partial charge in [-0.3, -0.25) is 24.8 Å². The summed E-state index contributed by atoms with van der Waals surface area (Å²) in [7, 11) is 1.57. The summed E-state index contributed by atoms with van der Waals surface area (Å²) >= 11 is 0. The summed E-state index contributed by atoms with van der Waals surface area (Å²) < 4.78 is 8.08. The highest BCUT2D eigenvalue weighted by molar-refractivity contribution is 5.55. The van der Waals surface area contributed by atoms with Gasteiger partial charge in [-0.05, 0) is 24.3 Å². The Bertz CT molecular complexity index is 1050. The molecule has 0 aliphatic rings. The van der Waals surface area contributed by atoms with E-state index in [0.29, 0.717) is 5.69 Å². The van der Waals surface area contributed by atoms with Gasteiger partial charge in [-0.15, -0.1) is 0 Å². The van der Waals surface area contributed by atoms with Crippen molar-refractivity contribution in [3.8, 4) is 17.2 Å². The Balaban J connectivity index is 1.97. The monoisotopic (exact) mass is 356 g/mol. The molecule has 0 atom stereocenters. The van der Waals surface area contributed by atoms with Crippen LogP contribution in [0.1, 0.15) is 0 Å². The first kappa shape index (κ1) is 16.9. The van der Waals surface area contributed by atoms with Gasteiger partial charge >= 0.3 is 11.4 Å². The molecule has 0 unspecified atom stereocenters. The van der Waals surface area contributed by atoms with Crippen LogP contribution in [-0.2, 0) is 7.05 Å². The second kappa shape index (κ2) is 6.51. The number of nitrogens with zero attached hydrogens (tertiary/aromatic N) is 4. The Labute approximate surface area is 145 Å². The molecule has 0 N–H and O–H groups in total.